The second-order valence-electron chi connectivity index (χ2n) is 5.62. The number of carboxylic acid groups (broad SMARTS) is 1. The third-order valence-corrected chi connectivity index (χ3v) is 4.12. The van der Waals surface area contributed by atoms with Gasteiger partial charge < -0.3 is 20.4 Å². The van der Waals surface area contributed by atoms with E-state index in [0.29, 0.717) is 25.8 Å². The monoisotopic (exact) mass is 272 g/mol. The largest absolute Gasteiger partial charge is 0.481 e. The van der Waals surface area contributed by atoms with Crippen LogP contribution in [0.1, 0.15) is 40.0 Å². The molecular weight excluding hydrogens is 248 g/mol. The van der Waals surface area contributed by atoms with Crippen molar-refractivity contribution in [1.29, 1.82) is 0 Å². The number of aliphatic hydroxyl groups is 1. The average Bonchev–Trinajstić information content (AvgIpc) is 2.71. The van der Waals surface area contributed by atoms with Crippen LogP contribution in [0.2, 0.25) is 0 Å². The van der Waals surface area contributed by atoms with E-state index in [1.165, 1.54) is 4.90 Å². The minimum absolute atomic E-state index is 0.118. The van der Waals surface area contributed by atoms with Crippen molar-refractivity contribution in [3.8, 4) is 0 Å². The summed E-state index contributed by atoms with van der Waals surface area (Å²) in [5.74, 6) is -0.883. The van der Waals surface area contributed by atoms with Gasteiger partial charge >= 0.3 is 12.0 Å². The molecule has 1 heterocycles. The van der Waals surface area contributed by atoms with Gasteiger partial charge in [-0.05, 0) is 26.2 Å². The van der Waals surface area contributed by atoms with Crippen LogP contribution in [0.25, 0.3) is 0 Å². The van der Waals surface area contributed by atoms with Crippen molar-refractivity contribution < 1.29 is 19.8 Å². The number of β-amino-alcohol motifs (C(OH)–C–C–N with tert-alkyl or cyclic N) is 1. The highest BCUT2D eigenvalue weighted by atomic mass is 16.4. The van der Waals surface area contributed by atoms with Gasteiger partial charge in [-0.1, -0.05) is 13.8 Å². The lowest BCUT2D eigenvalue weighted by Crippen LogP contribution is -2.47. The lowest BCUT2D eigenvalue weighted by atomic mass is 9.82. The number of carboxylic acids is 1. The first kappa shape index (κ1) is 15.8. The van der Waals surface area contributed by atoms with Gasteiger partial charge in [0.15, 0.2) is 0 Å². The maximum Gasteiger partial charge on any atom is 0.317 e. The topological polar surface area (TPSA) is 89.9 Å². The van der Waals surface area contributed by atoms with E-state index in [2.05, 4.69) is 5.32 Å². The molecule has 0 spiro atoms. The number of aliphatic carboxylic acids is 1. The van der Waals surface area contributed by atoms with Crippen LogP contribution in [-0.4, -0.2) is 52.3 Å². The van der Waals surface area contributed by atoms with E-state index < -0.39 is 17.0 Å². The number of nitrogens with zero attached hydrogens (tertiary/aromatic N) is 1. The number of likely N-dealkylation sites (tertiary alicyclic amines) is 1. The molecule has 3 N–H and O–H groups in total. The Bertz CT molecular complexity index is 351. The average molecular weight is 272 g/mol. The Morgan fingerprint density at radius 2 is 1.95 bits per heavy atom. The molecular formula is C13H24N2O4. The maximum absolute atomic E-state index is 11.9. The highest BCUT2D eigenvalue weighted by Crippen LogP contribution is 2.26. The molecule has 1 unspecified atom stereocenters. The van der Waals surface area contributed by atoms with Crippen LogP contribution in [0.3, 0.4) is 0 Å². The van der Waals surface area contributed by atoms with Gasteiger partial charge in [-0.2, -0.15) is 0 Å². The van der Waals surface area contributed by atoms with E-state index in [-0.39, 0.29) is 19.1 Å². The molecule has 0 radical (unpaired) electrons. The molecule has 0 aromatic heterocycles. The second-order valence-corrected chi connectivity index (χ2v) is 5.62. The highest BCUT2D eigenvalue weighted by Gasteiger charge is 2.37. The standard InChI is InChI=1S/C13H24N2O4/c1-4-13(5-2,10(16)17)8-14-11(18)15-7-6-12(3,19)9-15/h19H,4-9H2,1-3H3,(H,14,18)(H,16,17). The number of hydrogen-bond donors (Lipinski definition) is 3. The fourth-order valence-corrected chi connectivity index (χ4v) is 2.35. The Labute approximate surface area is 113 Å². The zero-order valence-corrected chi connectivity index (χ0v) is 11.9. The Balaban J connectivity index is 2.56. The number of rotatable bonds is 5. The zero-order valence-electron chi connectivity index (χ0n) is 11.9. The number of hydrogen-bond acceptors (Lipinski definition) is 3. The normalized spacial score (nSPS) is 23.5. The molecule has 110 valence electrons. The summed E-state index contributed by atoms with van der Waals surface area (Å²) < 4.78 is 0. The smallest absolute Gasteiger partial charge is 0.317 e. The van der Waals surface area contributed by atoms with E-state index in [4.69, 9.17) is 0 Å². The van der Waals surface area contributed by atoms with E-state index in [1.807, 2.05) is 13.8 Å². The predicted molar refractivity (Wildman–Crippen MR) is 70.9 cm³/mol. The summed E-state index contributed by atoms with van der Waals surface area (Å²) in [5.41, 5.74) is -1.74. The minimum Gasteiger partial charge on any atom is -0.481 e. The summed E-state index contributed by atoms with van der Waals surface area (Å²) >= 11 is 0. The quantitative estimate of drug-likeness (QED) is 0.697. The molecule has 1 saturated heterocycles. The molecule has 6 heteroatoms. The first-order valence-corrected chi connectivity index (χ1v) is 6.75. The summed E-state index contributed by atoms with van der Waals surface area (Å²) in [4.78, 5) is 24.8. The zero-order chi connectivity index (χ0) is 14.7. The van der Waals surface area contributed by atoms with Crippen molar-refractivity contribution in [2.24, 2.45) is 5.41 Å². The molecule has 0 bridgehead atoms. The molecule has 2 amide bonds. The summed E-state index contributed by atoms with van der Waals surface area (Å²) in [6, 6.07) is -0.301. The maximum atomic E-state index is 11.9. The van der Waals surface area contributed by atoms with Crippen LogP contribution < -0.4 is 5.32 Å². The van der Waals surface area contributed by atoms with Crippen molar-refractivity contribution in [2.75, 3.05) is 19.6 Å². The van der Waals surface area contributed by atoms with Crippen molar-refractivity contribution in [3.63, 3.8) is 0 Å². The van der Waals surface area contributed by atoms with Gasteiger partial charge in [-0.25, -0.2) is 4.79 Å². The van der Waals surface area contributed by atoms with Gasteiger partial charge in [-0.15, -0.1) is 0 Å². The third-order valence-electron chi connectivity index (χ3n) is 4.12. The number of urea groups is 1. The number of carbonyl (C=O) groups is 2. The van der Waals surface area contributed by atoms with Gasteiger partial charge in [0.05, 0.1) is 17.6 Å². The van der Waals surface area contributed by atoms with Crippen LogP contribution in [0.15, 0.2) is 0 Å². The van der Waals surface area contributed by atoms with Crippen molar-refractivity contribution >= 4 is 12.0 Å². The minimum atomic E-state index is -0.905. The summed E-state index contributed by atoms with van der Waals surface area (Å²) in [5, 5.41) is 21.8. The number of nitrogens with one attached hydrogen (secondary N) is 1. The van der Waals surface area contributed by atoms with Crippen molar-refractivity contribution in [3.05, 3.63) is 0 Å². The second kappa shape index (κ2) is 5.77. The third kappa shape index (κ3) is 3.59. The fourth-order valence-electron chi connectivity index (χ4n) is 2.35. The Kier molecular flexibility index (Phi) is 4.79. The Morgan fingerprint density at radius 3 is 2.32 bits per heavy atom. The molecule has 19 heavy (non-hydrogen) atoms. The molecule has 6 nitrogen and oxygen atoms in total. The van der Waals surface area contributed by atoms with Crippen LogP contribution in [0.4, 0.5) is 4.79 Å². The summed E-state index contributed by atoms with van der Waals surface area (Å²) in [6.45, 7) is 6.22. The summed E-state index contributed by atoms with van der Waals surface area (Å²) in [6.07, 6.45) is 1.49. The van der Waals surface area contributed by atoms with Gasteiger partial charge in [0.25, 0.3) is 0 Å². The molecule has 1 atom stereocenters. The molecule has 0 saturated carbocycles. The van der Waals surface area contributed by atoms with Gasteiger partial charge in [0.2, 0.25) is 0 Å². The van der Waals surface area contributed by atoms with Gasteiger partial charge in [-0.3, -0.25) is 4.79 Å². The lowest BCUT2D eigenvalue weighted by molar-refractivity contribution is -0.149. The molecule has 0 aromatic rings. The summed E-state index contributed by atoms with van der Waals surface area (Å²) in [7, 11) is 0. The molecule has 0 aromatic carbocycles. The van der Waals surface area contributed by atoms with Crippen LogP contribution in [0.5, 0.6) is 0 Å². The molecule has 1 fully saturated rings. The number of amides is 2. The first-order chi connectivity index (χ1) is 8.76. The van der Waals surface area contributed by atoms with Gasteiger partial charge in [0, 0.05) is 13.1 Å². The van der Waals surface area contributed by atoms with Crippen LogP contribution in [0, 0.1) is 5.41 Å². The van der Waals surface area contributed by atoms with Crippen LogP contribution in [-0.2, 0) is 4.79 Å². The Morgan fingerprint density at radius 1 is 1.37 bits per heavy atom. The van der Waals surface area contributed by atoms with Crippen molar-refractivity contribution in [1.82, 2.24) is 10.2 Å². The van der Waals surface area contributed by atoms with E-state index in [0.717, 1.165) is 0 Å². The first-order valence-electron chi connectivity index (χ1n) is 6.75. The SMILES string of the molecule is CCC(CC)(CNC(=O)N1CCC(C)(O)C1)C(=O)O. The van der Waals surface area contributed by atoms with E-state index >= 15 is 0 Å². The highest BCUT2D eigenvalue weighted by molar-refractivity contribution is 5.78. The van der Waals surface area contributed by atoms with Gasteiger partial charge in [0.1, 0.15) is 0 Å². The predicted octanol–water partition coefficient (Wildman–Crippen LogP) is 1.04. The van der Waals surface area contributed by atoms with E-state index in [1.54, 1.807) is 6.92 Å². The molecule has 1 aliphatic rings. The van der Waals surface area contributed by atoms with Crippen LogP contribution >= 0.6 is 0 Å². The Hall–Kier alpha value is -1.30. The molecule has 1 aliphatic heterocycles. The number of carbonyl (C=O) groups excluding carboxylic acids is 1. The molecule has 1 rings (SSSR count). The fraction of sp³-hybridized carbons (Fsp3) is 0.846. The van der Waals surface area contributed by atoms with E-state index in [9.17, 15) is 19.8 Å². The van der Waals surface area contributed by atoms with Crippen molar-refractivity contribution in [2.45, 2.75) is 45.6 Å². The lowest BCUT2D eigenvalue weighted by Gasteiger charge is -2.28. The molecule has 0 aliphatic carbocycles.